The molecule has 3 rings (SSSR count). The molecule has 0 bridgehead atoms. The average Bonchev–Trinajstić information content (AvgIpc) is 2.80. The molecule has 34 heavy (non-hydrogen) atoms. The second-order valence-corrected chi connectivity index (χ2v) is 9.53. The van der Waals surface area contributed by atoms with Crippen molar-refractivity contribution in [3.8, 4) is 0 Å². The highest BCUT2D eigenvalue weighted by molar-refractivity contribution is 7.89. The second kappa shape index (κ2) is 10.2. The van der Waals surface area contributed by atoms with Gasteiger partial charge in [0.2, 0.25) is 10.0 Å². The zero-order valence-electron chi connectivity index (χ0n) is 17.9. The molecule has 10 nitrogen and oxygen atoms in total. The van der Waals surface area contributed by atoms with E-state index in [2.05, 4.69) is 5.32 Å². The summed E-state index contributed by atoms with van der Waals surface area (Å²) in [5, 5.41) is 13.4. The van der Waals surface area contributed by atoms with Crippen molar-refractivity contribution in [2.45, 2.75) is 30.8 Å². The van der Waals surface area contributed by atoms with E-state index >= 15 is 0 Å². The van der Waals surface area contributed by atoms with Gasteiger partial charge in [-0.25, -0.2) is 17.2 Å². The lowest BCUT2D eigenvalue weighted by Gasteiger charge is -2.30. The van der Waals surface area contributed by atoms with Crippen LogP contribution in [0.4, 0.5) is 20.2 Å². The van der Waals surface area contributed by atoms with Gasteiger partial charge in [0.05, 0.1) is 15.7 Å². The number of nitro benzene ring substituents is 1. The van der Waals surface area contributed by atoms with E-state index in [1.807, 2.05) is 0 Å². The fourth-order valence-electron chi connectivity index (χ4n) is 3.42. The highest BCUT2D eigenvalue weighted by atomic mass is 32.2. The molecule has 1 aliphatic rings. The van der Waals surface area contributed by atoms with Crippen LogP contribution >= 0.6 is 0 Å². The van der Waals surface area contributed by atoms with Gasteiger partial charge in [-0.15, -0.1) is 0 Å². The number of piperidine rings is 1. The topological polar surface area (TPSA) is 136 Å². The molecule has 0 radical (unpaired) electrons. The first kappa shape index (κ1) is 25.2. The van der Waals surface area contributed by atoms with Gasteiger partial charge in [0.15, 0.2) is 17.7 Å². The predicted octanol–water partition coefficient (Wildman–Crippen LogP) is 2.84. The third kappa shape index (κ3) is 5.54. The molecule has 0 aliphatic carbocycles. The van der Waals surface area contributed by atoms with Crippen molar-refractivity contribution in [3.63, 3.8) is 0 Å². The minimum Gasteiger partial charge on any atom is -0.452 e. The molecule has 182 valence electrons. The molecule has 1 N–H and O–H groups in total. The Morgan fingerprint density at radius 3 is 2.41 bits per heavy atom. The monoisotopic (exact) mass is 497 g/mol. The smallest absolute Gasteiger partial charge is 0.309 e. The van der Waals surface area contributed by atoms with Crippen molar-refractivity contribution in [2.24, 2.45) is 5.92 Å². The number of rotatable bonds is 7. The Kier molecular flexibility index (Phi) is 7.57. The van der Waals surface area contributed by atoms with Crippen LogP contribution in [0.1, 0.15) is 19.8 Å². The first-order valence-corrected chi connectivity index (χ1v) is 11.6. The summed E-state index contributed by atoms with van der Waals surface area (Å²) >= 11 is 0. The summed E-state index contributed by atoms with van der Waals surface area (Å²) in [4.78, 5) is 34.8. The van der Waals surface area contributed by atoms with Crippen molar-refractivity contribution in [3.05, 3.63) is 64.2 Å². The molecule has 1 heterocycles. The molecule has 0 aromatic heterocycles. The maximum Gasteiger partial charge on any atom is 0.309 e. The number of hydrogen-bond acceptors (Lipinski definition) is 7. The number of benzene rings is 2. The van der Waals surface area contributed by atoms with Gasteiger partial charge in [-0.3, -0.25) is 19.7 Å². The van der Waals surface area contributed by atoms with Crippen molar-refractivity contribution in [1.82, 2.24) is 4.31 Å². The van der Waals surface area contributed by atoms with E-state index in [1.165, 1.54) is 31.2 Å². The average molecular weight is 497 g/mol. The van der Waals surface area contributed by atoms with E-state index in [9.17, 15) is 36.9 Å². The Balaban J connectivity index is 1.56. The Bertz CT molecular complexity index is 1210. The molecule has 1 aliphatic heterocycles. The van der Waals surface area contributed by atoms with Crippen molar-refractivity contribution >= 4 is 33.3 Å². The number of amides is 1. The number of nitrogens with zero attached hydrogens (tertiary/aromatic N) is 2. The number of nitro groups is 1. The van der Waals surface area contributed by atoms with Crippen LogP contribution in [0.2, 0.25) is 0 Å². The number of hydrogen-bond donors (Lipinski definition) is 1. The van der Waals surface area contributed by atoms with Gasteiger partial charge in [-0.05, 0) is 44.0 Å². The third-order valence-electron chi connectivity index (χ3n) is 5.34. The predicted molar refractivity (Wildman–Crippen MR) is 115 cm³/mol. The molecule has 1 saturated heterocycles. The number of nitrogens with one attached hydrogen (secondary N) is 1. The lowest BCUT2D eigenvalue weighted by atomic mass is 9.98. The number of ether oxygens (including phenoxy) is 1. The first-order chi connectivity index (χ1) is 16.0. The Labute approximate surface area is 193 Å². The van der Waals surface area contributed by atoms with Crippen molar-refractivity contribution < 1.29 is 36.4 Å². The van der Waals surface area contributed by atoms with Crippen LogP contribution in [-0.4, -0.2) is 48.7 Å². The van der Waals surface area contributed by atoms with Gasteiger partial charge in [0, 0.05) is 19.2 Å². The summed E-state index contributed by atoms with van der Waals surface area (Å²) in [6, 6.07) is 7.79. The van der Waals surface area contributed by atoms with Gasteiger partial charge in [-0.1, -0.05) is 12.1 Å². The van der Waals surface area contributed by atoms with Gasteiger partial charge in [-0.2, -0.15) is 4.31 Å². The number of esters is 1. The second-order valence-electron chi connectivity index (χ2n) is 7.60. The van der Waals surface area contributed by atoms with Gasteiger partial charge in [0.1, 0.15) is 5.69 Å². The maximum absolute atomic E-state index is 13.4. The summed E-state index contributed by atoms with van der Waals surface area (Å²) in [5.74, 6) is -4.61. The fraction of sp³-hybridized carbons (Fsp3) is 0.333. The van der Waals surface area contributed by atoms with E-state index < -0.39 is 55.4 Å². The first-order valence-electron chi connectivity index (χ1n) is 10.2. The van der Waals surface area contributed by atoms with Gasteiger partial charge in [0.25, 0.3) is 11.6 Å². The molecule has 2 aromatic carbocycles. The SMILES string of the molecule is CC(OC(=O)C1CCN(S(=O)(=O)c2ccc(F)c(F)c2)CC1)C(=O)Nc1ccccc1[N+](=O)[O-]. The van der Waals surface area contributed by atoms with Crippen molar-refractivity contribution in [2.75, 3.05) is 18.4 Å². The zero-order valence-corrected chi connectivity index (χ0v) is 18.8. The molecule has 0 spiro atoms. The standard InChI is InChI=1S/C21H21F2N3O7S/c1-13(20(27)24-18-4-2-3-5-19(18)26(29)30)33-21(28)14-8-10-25(11-9-14)34(31,32)15-6-7-16(22)17(23)12-15/h2-7,12-14H,8-11H2,1H3,(H,24,27). The maximum atomic E-state index is 13.4. The molecule has 13 heteroatoms. The minimum absolute atomic E-state index is 0.0452. The normalized spacial score (nSPS) is 16.0. The van der Waals surface area contributed by atoms with E-state index in [4.69, 9.17) is 4.74 Å². The van der Waals surface area contributed by atoms with E-state index in [0.717, 1.165) is 16.4 Å². The number of carbonyl (C=O) groups is 2. The number of sulfonamides is 1. The van der Waals surface area contributed by atoms with Gasteiger partial charge < -0.3 is 10.1 Å². The van der Waals surface area contributed by atoms with E-state index in [-0.39, 0.29) is 37.3 Å². The molecule has 1 unspecified atom stereocenters. The Morgan fingerprint density at radius 1 is 1.15 bits per heavy atom. The van der Waals surface area contributed by atoms with Crippen LogP contribution < -0.4 is 5.32 Å². The summed E-state index contributed by atoms with van der Waals surface area (Å²) in [5.41, 5.74) is -0.361. The number of halogens is 2. The number of carbonyl (C=O) groups excluding carboxylic acids is 2. The van der Waals surface area contributed by atoms with Crippen LogP contribution in [0.25, 0.3) is 0 Å². The Morgan fingerprint density at radius 2 is 1.79 bits per heavy atom. The summed E-state index contributed by atoms with van der Waals surface area (Å²) in [7, 11) is -4.08. The summed E-state index contributed by atoms with van der Waals surface area (Å²) in [6.45, 7) is 1.19. The highest BCUT2D eigenvalue weighted by Crippen LogP contribution is 2.27. The van der Waals surface area contributed by atoms with Crippen molar-refractivity contribution in [1.29, 1.82) is 0 Å². The van der Waals surface area contributed by atoms with Crippen LogP contribution in [0.3, 0.4) is 0 Å². The minimum atomic E-state index is -4.08. The van der Waals surface area contributed by atoms with E-state index in [1.54, 1.807) is 0 Å². The Hall–Kier alpha value is -3.45. The van der Waals surface area contributed by atoms with Crippen LogP contribution in [0, 0.1) is 27.7 Å². The zero-order chi connectivity index (χ0) is 25.0. The van der Waals surface area contributed by atoms with Crippen LogP contribution in [0.5, 0.6) is 0 Å². The fourth-order valence-corrected chi connectivity index (χ4v) is 4.90. The van der Waals surface area contributed by atoms with E-state index in [0.29, 0.717) is 6.07 Å². The number of para-hydroxylation sites is 2. The van der Waals surface area contributed by atoms with Crippen LogP contribution in [-0.2, 0) is 24.3 Å². The quantitative estimate of drug-likeness (QED) is 0.353. The largest absolute Gasteiger partial charge is 0.452 e. The highest BCUT2D eigenvalue weighted by Gasteiger charge is 2.34. The number of anilines is 1. The summed E-state index contributed by atoms with van der Waals surface area (Å²) < 4.78 is 58.1. The molecule has 1 fully saturated rings. The molecule has 2 aromatic rings. The molecule has 1 amide bonds. The molecule has 0 saturated carbocycles. The molecule has 1 atom stereocenters. The van der Waals surface area contributed by atoms with Gasteiger partial charge >= 0.3 is 5.97 Å². The third-order valence-corrected chi connectivity index (χ3v) is 7.23. The lowest BCUT2D eigenvalue weighted by Crippen LogP contribution is -2.41. The van der Waals surface area contributed by atoms with Crippen LogP contribution in [0.15, 0.2) is 47.4 Å². The summed E-state index contributed by atoms with van der Waals surface area (Å²) in [6.07, 6.45) is -1.06. The lowest BCUT2D eigenvalue weighted by molar-refractivity contribution is -0.383. The molecular weight excluding hydrogens is 476 g/mol. The molecular formula is C21H21F2N3O7S.